The molecule has 0 atom stereocenters. The monoisotopic (exact) mass is 291 g/mol. The molecule has 0 saturated carbocycles. The summed E-state index contributed by atoms with van der Waals surface area (Å²) in [6, 6.07) is 7.20. The van der Waals surface area contributed by atoms with Crippen LogP contribution in [0.5, 0.6) is 0 Å². The summed E-state index contributed by atoms with van der Waals surface area (Å²) < 4.78 is 1.86. The van der Waals surface area contributed by atoms with Crippen LogP contribution in [-0.2, 0) is 11.8 Å². The quantitative estimate of drug-likeness (QED) is 0.681. The fraction of sp³-hybridized carbons (Fsp3) is 0.308. The van der Waals surface area contributed by atoms with Crippen LogP contribution in [0.4, 0.5) is 11.4 Å². The van der Waals surface area contributed by atoms with Crippen LogP contribution in [0.25, 0.3) is 0 Å². The van der Waals surface area contributed by atoms with E-state index in [0.717, 1.165) is 16.7 Å². The summed E-state index contributed by atoms with van der Waals surface area (Å²) in [7, 11) is 3.63. The van der Waals surface area contributed by atoms with Crippen molar-refractivity contribution in [2.75, 3.05) is 23.4 Å². The van der Waals surface area contributed by atoms with Crippen molar-refractivity contribution in [2.45, 2.75) is 12.1 Å². The number of benzene rings is 1. The second-order valence-electron chi connectivity index (χ2n) is 4.42. The highest BCUT2D eigenvalue weighted by atomic mass is 32.2. The van der Waals surface area contributed by atoms with E-state index in [0.29, 0.717) is 11.4 Å². The van der Waals surface area contributed by atoms with Crippen LogP contribution >= 0.6 is 11.8 Å². The standard InChI is InChI=1S/C13H17N5OS/c1-9-15-16-13(17(9)2)20-8-12(19)18(3)11-6-4-10(14)5-7-11/h4-7H,8,14H2,1-3H3. The molecule has 0 bridgehead atoms. The van der Waals surface area contributed by atoms with Gasteiger partial charge in [0, 0.05) is 25.5 Å². The third-order valence-electron chi connectivity index (χ3n) is 3.03. The van der Waals surface area contributed by atoms with Crippen molar-refractivity contribution in [1.82, 2.24) is 14.8 Å². The predicted octanol–water partition coefficient (Wildman–Crippen LogP) is 1.46. The van der Waals surface area contributed by atoms with Gasteiger partial charge in [-0.15, -0.1) is 10.2 Å². The van der Waals surface area contributed by atoms with E-state index in [1.165, 1.54) is 11.8 Å². The molecule has 0 aliphatic heterocycles. The SMILES string of the molecule is Cc1nnc(SCC(=O)N(C)c2ccc(N)cc2)n1C. The fourth-order valence-electron chi connectivity index (χ4n) is 1.58. The fourth-order valence-corrected chi connectivity index (χ4v) is 2.45. The maximum atomic E-state index is 12.1. The van der Waals surface area contributed by atoms with Crippen molar-refractivity contribution in [3.8, 4) is 0 Å². The van der Waals surface area contributed by atoms with Crippen LogP contribution in [0.3, 0.4) is 0 Å². The number of nitrogens with two attached hydrogens (primary N) is 1. The lowest BCUT2D eigenvalue weighted by molar-refractivity contribution is -0.115. The third-order valence-corrected chi connectivity index (χ3v) is 4.04. The Morgan fingerprint density at radius 1 is 1.35 bits per heavy atom. The number of carbonyl (C=O) groups is 1. The average molecular weight is 291 g/mol. The van der Waals surface area contributed by atoms with Gasteiger partial charge in [-0.3, -0.25) is 4.79 Å². The molecule has 0 spiro atoms. The van der Waals surface area contributed by atoms with Crippen molar-refractivity contribution >= 4 is 29.0 Å². The minimum atomic E-state index is 0.000393. The summed E-state index contributed by atoms with van der Waals surface area (Å²) in [5.74, 6) is 1.14. The molecule has 0 fully saturated rings. The van der Waals surface area contributed by atoms with Crippen molar-refractivity contribution < 1.29 is 4.79 Å². The number of rotatable bonds is 4. The van der Waals surface area contributed by atoms with Gasteiger partial charge in [0.15, 0.2) is 5.16 Å². The van der Waals surface area contributed by atoms with Gasteiger partial charge in [0.05, 0.1) is 5.75 Å². The Bertz CT molecular complexity index is 608. The zero-order chi connectivity index (χ0) is 14.7. The number of hydrogen-bond donors (Lipinski definition) is 1. The molecule has 7 heteroatoms. The molecule has 2 rings (SSSR count). The van der Waals surface area contributed by atoms with Crippen LogP contribution in [0, 0.1) is 6.92 Å². The Kier molecular flexibility index (Phi) is 4.29. The lowest BCUT2D eigenvalue weighted by atomic mass is 10.2. The third kappa shape index (κ3) is 3.11. The molecule has 0 aliphatic rings. The van der Waals surface area contributed by atoms with E-state index in [1.807, 2.05) is 30.7 Å². The molecule has 1 aromatic carbocycles. The molecule has 106 valence electrons. The number of nitrogen functional groups attached to an aromatic ring is 1. The minimum Gasteiger partial charge on any atom is -0.399 e. The van der Waals surface area contributed by atoms with E-state index in [-0.39, 0.29) is 5.91 Å². The smallest absolute Gasteiger partial charge is 0.237 e. The molecule has 1 aromatic heterocycles. The second-order valence-corrected chi connectivity index (χ2v) is 5.36. The second kappa shape index (κ2) is 5.96. The molecule has 1 heterocycles. The van der Waals surface area contributed by atoms with Crippen LogP contribution in [0.2, 0.25) is 0 Å². The molecule has 6 nitrogen and oxygen atoms in total. The summed E-state index contributed by atoms with van der Waals surface area (Å²) in [5.41, 5.74) is 7.13. The first-order chi connectivity index (χ1) is 9.49. The Hall–Kier alpha value is -2.02. The van der Waals surface area contributed by atoms with Crippen LogP contribution < -0.4 is 10.6 Å². The van der Waals surface area contributed by atoms with E-state index in [1.54, 1.807) is 24.1 Å². The highest BCUT2D eigenvalue weighted by Crippen LogP contribution is 2.19. The first kappa shape index (κ1) is 14.4. The zero-order valence-corrected chi connectivity index (χ0v) is 12.5. The van der Waals surface area contributed by atoms with E-state index in [2.05, 4.69) is 10.2 Å². The summed E-state index contributed by atoms with van der Waals surface area (Å²) >= 11 is 1.38. The molecule has 1 amide bonds. The first-order valence-electron chi connectivity index (χ1n) is 6.10. The van der Waals surface area contributed by atoms with Crippen molar-refractivity contribution in [3.63, 3.8) is 0 Å². The Labute approximate surface area is 122 Å². The minimum absolute atomic E-state index is 0.000393. The van der Waals surface area contributed by atoms with Crippen molar-refractivity contribution in [1.29, 1.82) is 0 Å². The number of aryl methyl sites for hydroxylation is 1. The van der Waals surface area contributed by atoms with Crippen LogP contribution in [0.1, 0.15) is 5.82 Å². The van der Waals surface area contributed by atoms with Crippen molar-refractivity contribution in [2.24, 2.45) is 7.05 Å². The van der Waals surface area contributed by atoms with E-state index in [9.17, 15) is 4.79 Å². The van der Waals surface area contributed by atoms with Gasteiger partial charge in [-0.1, -0.05) is 11.8 Å². The molecule has 0 radical (unpaired) electrons. The van der Waals surface area contributed by atoms with Crippen molar-refractivity contribution in [3.05, 3.63) is 30.1 Å². The number of nitrogens with zero attached hydrogens (tertiary/aromatic N) is 4. The molecule has 0 saturated heterocycles. The number of anilines is 2. The number of hydrogen-bond acceptors (Lipinski definition) is 5. The average Bonchev–Trinajstić information content (AvgIpc) is 2.76. The maximum Gasteiger partial charge on any atom is 0.237 e. The van der Waals surface area contributed by atoms with E-state index >= 15 is 0 Å². The largest absolute Gasteiger partial charge is 0.399 e. The molecule has 2 aromatic rings. The van der Waals surface area contributed by atoms with Gasteiger partial charge in [-0.2, -0.15) is 0 Å². The molecule has 0 aliphatic carbocycles. The highest BCUT2D eigenvalue weighted by molar-refractivity contribution is 7.99. The van der Waals surface area contributed by atoms with Gasteiger partial charge < -0.3 is 15.2 Å². The van der Waals surface area contributed by atoms with Gasteiger partial charge in [0.2, 0.25) is 5.91 Å². The van der Waals surface area contributed by atoms with E-state index < -0.39 is 0 Å². The normalized spacial score (nSPS) is 10.6. The first-order valence-corrected chi connectivity index (χ1v) is 7.08. The summed E-state index contributed by atoms with van der Waals surface area (Å²) in [5, 5.41) is 8.72. The number of aromatic nitrogens is 3. The molecular formula is C13H17N5OS. The number of thioether (sulfide) groups is 1. The van der Waals surface area contributed by atoms with Gasteiger partial charge in [-0.05, 0) is 31.2 Å². The molecule has 0 unspecified atom stereocenters. The lowest BCUT2D eigenvalue weighted by Crippen LogP contribution is -2.28. The Morgan fingerprint density at radius 3 is 2.55 bits per heavy atom. The van der Waals surface area contributed by atoms with E-state index in [4.69, 9.17) is 5.73 Å². The maximum absolute atomic E-state index is 12.1. The molecular weight excluding hydrogens is 274 g/mol. The van der Waals surface area contributed by atoms with Gasteiger partial charge >= 0.3 is 0 Å². The highest BCUT2D eigenvalue weighted by Gasteiger charge is 2.13. The number of amides is 1. The molecule has 20 heavy (non-hydrogen) atoms. The summed E-state index contributed by atoms with van der Waals surface area (Å²) in [6.07, 6.45) is 0. The van der Waals surface area contributed by atoms with Gasteiger partial charge in [-0.25, -0.2) is 0 Å². The van der Waals surface area contributed by atoms with Crippen LogP contribution in [-0.4, -0.2) is 33.5 Å². The molecule has 2 N–H and O–H groups in total. The Morgan fingerprint density at radius 2 is 2.00 bits per heavy atom. The topological polar surface area (TPSA) is 77.0 Å². The van der Waals surface area contributed by atoms with Gasteiger partial charge in [0.1, 0.15) is 5.82 Å². The Balaban J connectivity index is 1.98. The van der Waals surface area contributed by atoms with Gasteiger partial charge in [0.25, 0.3) is 0 Å². The lowest BCUT2D eigenvalue weighted by Gasteiger charge is -2.17. The van der Waals surface area contributed by atoms with Crippen LogP contribution in [0.15, 0.2) is 29.4 Å². The summed E-state index contributed by atoms with van der Waals surface area (Å²) in [6.45, 7) is 1.87. The number of carbonyl (C=O) groups excluding carboxylic acids is 1. The predicted molar refractivity (Wildman–Crippen MR) is 80.7 cm³/mol. The summed E-state index contributed by atoms with van der Waals surface area (Å²) in [4.78, 5) is 13.7. The zero-order valence-electron chi connectivity index (χ0n) is 11.7.